The van der Waals surface area contributed by atoms with Crippen molar-refractivity contribution < 1.29 is 9.53 Å². The second kappa shape index (κ2) is 6.19. The highest BCUT2D eigenvalue weighted by Crippen LogP contribution is 2.45. The Kier molecular flexibility index (Phi) is 4.00. The largest absolute Gasteiger partial charge is 0.461 e. The van der Waals surface area contributed by atoms with Gasteiger partial charge in [-0.15, -0.1) is 0 Å². The van der Waals surface area contributed by atoms with E-state index in [9.17, 15) is 4.79 Å². The molecule has 0 amide bonds. The number of hydrogen-bond acceptors (Lipinski definition) is 2. The van der Waals surface area contributed by atoms with Gasteiger partial charge in [-0.3, -0.25) is 0 Å². The fourth-order valence-electron chi connectivity index (χ4n) is 3.63. The van der Waals surface area contributed by atoms with Crippen LogP contribution < -0.4 is 0 Å². The molecule has 0 aliphatic carbocycles. The summed E-state index contributed by atoms with van der Waals surface area (Å²) in [7, 11) is 0. The summed E-state index contributed by atoms with van der Waals surface area (Å²) >= 11 is 3.49. The second-order valence-electron chi connectivity index (χ2n) is 6.17. The van der Waals surface area contributed by atoms with Crippen LogP contribution in [0.15, 0.2) is 59.1 Å². The lowest BCUT2D eigenvalue weighted by Crippen LogP contribution is -2.10. The molecule has 0 fully saturated rings. The summed E-state index contributed by atoms with van der Waals surface area (Å²) < 4.78 is 8.41. The zero-order valence-corrected chi connectivity index (χ0v) is 15.7. The molecule has 2 heterocycles. The number of carbonyl (C=O) groups is 1. The molecule has 4 heteroatoms. The number of halogens is 1. The highest BCUT2D eigenvalue weighted by Gasteiger charge is 2.33. The number of benzene rings is 2. The van der Waals surface area contributed by atoms with Crippen molar-refractivity contribution in [2.24, 2.45) is 0 Å². The molecule has 1 aliphatic heterocycles. The molecular formula is C21H18BrNO2. The summed E-state index contributed by atoms with van der Waals surface area (Å²) in [5, 5.41) is 0. The normalized spacial score (nSPS) is 14.9. The molecule has 1 unspecified atom stereocenters. The summed E-state index contributed by atoms with van der Waals surface area (Å²) in [5.41, 5.74) is 6.22. The van der Waals surface area contributed by atoms with Crippen molar-refractivity contribution in [2.75, 3.05) is 6.61 Å². The zero-order valence-electron chi connectivity index (χ0n) is 14.1. The van der Waals surface area contributed by atoms with Gasteiger partial charge in [0.05, 0.1) is 6.61 Å². The first-order valence-corrected chi connectivity index (χ1v) is 9.19. The van der Waals surface area contributed by atoms with Crippen LogP contribution in [0.1, 0.15) is 41.5 Å². The van der Waals surface area contributed by atoms with Gasteiger partial charge >= 0.3 is 5.97 Å². The van der Waals surface area contributed by atoms with E-state index in [4.69, 9.17) is 4.74 Å². The minimum Gasteiger partial charge on any atom is -0.461 e. The predicted octanol–water partition coefficient (Wildman–Crippen LogP) is 5.55. The van der Waals surface area contributed by atoms with Crippen molar-refractivity contribution in [1.82, 2.24) is 4.57 Å². The number of nitrogens with zero attached hydrogens (tertiary/aromatic N) is 1. The number of aromatic nitrogens is 1. The summed E-state index contributed by atoms with van der Waals surface area (Å²) in [6.07, 6.45) is 0. The van der Waals surface area contributed by atoms with Crippen molar-refractivity contribution in [2.45, 2.75) is 19.8 Å². The number of esters is 1. The maximum atomic E-state index is 12.6. The third-order valence-corrected chi connectivity index (χ3v) is 5.26. The van der Waals surface area contributed by atoms with E-state index in [1.165, 1.54) is 5.56 Å². The van der Waals surface area contributed by atoms with Gasteiger partial charge in [0.1, 0.15) is 5.69 Å². The molecule has 0 radical (unpaired) electrons. The van der Waals surface area contributed by atoms with Crippen LogP contribution in [0.3, 0.4) is 0 Å². The molecule has 25 heavy (non-hydrogen) atoms. The standard InChI is InChI=1S/C21H18BrNO2/c1-3-25-21(24)19-12-17(14-8-10-15(22)11-9-14)20-13(2)16-6-4-5-7-18(16)23(19)20/h4-13H,3H2,1-2H3. The van der Waals surface area contributed by atoms with E-state index < -0.39 is 0 Å². The van der Waals surface area contributed by atoms with E-state index in [0.29, 0.717) is 12.3 Å². The summed E-state index contributed by atoms with van der Waals surface area (Å²) in [6, 6.07) is 18.4. The zero-order chi connectivity index (χ0) is 17.6. The van der Waals surface area contributed by atoms with Crippen LogP contribution >= 0.6 is 15.9 Å². The lowest BCUT2D eigenvalue weighted by molar-refractivity contribution is 0.0517. The molecule has 2 aromatic carbocycles. The Bertz CT molecular complexity index is 957. The SMILES string of the molecule is CCOC(=O)c1cc(-c2ccc(Br)cc2)c2n1-c1ccccc1C2C. The molecule has 0 saturated carbocycles. The van der Waals surface area contributed by atoms with E-state index in [1.807, 2.05) is 37.3 Å². The van der Waals surface area contributed by atoms with Crippen LogP contribution in [-0.2, 0) is 4.74 Å². The lowest BCUT2D eigenvalue weighted by atomic mass is 9.94. The van der Waals surface area contributed by atoms with Gasteiger partial charge in [-0.25, -0.2) is 4.79 Å². The number of carbonyl (C=O) groups excluding carboxylic acids is 1. The van der Waals surface area contributed by atoms with Crippen molar-refractivity contribution in [3.8, 4) is 16.8 Å². The summed E-state index contributed by atoms with van der Waals surface area (Å²) in [5.74, 6) is -0.0611. The molecule has 1 aromatic heterocycles. The predicted molar refractivity (Wildman–Crippen MR) is 102 cm³/mol. The van der Waals surface area contributed by atoms with Gasteiger partial charge in [0, 0.05) is 27.3 Å². The Hall–Kier alpha value is -2.33. The fourth-order valence-corrected chi connectivity index (χ4v) is 3.90. The van der Waals surface area contributed by atoms with Crippen molar-refractivity contribution >= 4 is 21.9 Å². The van der Waals surface area contributed by atoms with Crippen LogP contribution in [-0.4, -0.2) is 17.1 Å². The average molecular weight is 396 g/mol. The van der Waals surface area contributed by atoms with E-state index in [0.717, 1.165) is 27.0 Å². The quantitative estimate of drug-likeness (QED) is 0.544. The first-order valence-electron chi connectivity index (χ1n) is 8.39. The molecule has 0 bridgehead atoms. The highest BCUT2D eigenvalue weighted by atomic mass is 79.9. The molecule has 0 N–H and O–H groups in total. The van der Waals surface area contributed by atoms with E-state index in [2.05, 4.69) is 51.7 Å². The fraction of sp³-hybridized carbons (Fsp3) is 0.190. The van der Waals surface area contributed by atoms with Gasteiger partial charge in [-0.2, -0.15) is 0 Å². The number of ether oxygens (including phenoxy) is 1. The third-order valence-electron chi connectivity index (χ3n) is 4.73. The molecule has 126 valence electrons. The van der Waals surface area contributed by atoms with Gasteiger partial charge in [0.25, 0.3) is 0 Å². The van der Waals surface area contributed by atoms with Crippen LogP contribution in [0.2, 0.25) is 0 Å². The van der Waals surface area contributed by atoms with Gasteiger partial charge in [-0.1, -0.05) is 53.2 Å². The average Bonchev–Trinajstić information content (AvgIpc) is 3.14. The first kappa shape index (κ1) is 16.2. The minimum atomic E-state index is -0.281. The molecule has 4 rings (SSSR count). The number of para-hydroxylation sites is 1. The van der Waals surface area contributed by atoms with Crippen LogP contribution in [0.4, 0.5) is 0 Å². The van der Waals surface area contributed by atoms with Crippen LogP contribution in [0.25, 0.3) is 16.8 Å². The van der Waals surface area contributed by atoms with E-state index in [1.54, 1.807) is 0 Å². The molecule has 3 aromatic rings. The van der Waals surface area contributed by atoms with Crippen molar-refractivity contribution in [3.63, 3.8) is 0 Å². The smallest absolute Gasteiger partial charge is 0.355 e. The van der Waals surface area contributed by atoms with Gasteiger partial charge in [0.2, 0.25) is 0 Å². The maximum Gasteiger partial charge on any atom is 0.355 e. The Morgan fingerprint density at radius 2 is 1.88 bits per heavy atom. The maximum absolute atomic E-state index is 12.6. The number of fused-ring (bicyclic) bond motifs is 3. The van der Waals surface area contributed by atoms with Crippen molar-refractivity contribution in [1.29, 1.82) is 0 Å². The second-order valence-corrected chi connectivity index (χ2v) is 7.09. The van der Waals surface area contributed by atoms with E-state index in [-0.39, 0.29) is 11.9 Å². The first-order chi connectivity index (χ1) is 12.1. The molecule has 3 nitrogen and oxygen atoms in total. The molecule has 1 aliphatic rings. The van der Waals surface area contributed by atoms with Gasteiger partial charge in [-0.05, 0) is 42.3 Å². The number of hydrogen-bond donors (Lipinski definition) is 0. The van der Waals surface area contributed by atoms with Gasteiger partial charge in [0.15, 0.2) is 0 Å². The number of rotatable bonds is 3. The topological polar surface area (TPSA) is 31.2 Å². The molecule has 0 spiro atoms. The molecule has 0 saturated heterocycles. The Morgan fingerprint density at radius 3 is 2.60 bits per heavy atom. The summed E-state index contributed by atoms with van der Waals surface area (Å²) in [6.45, 7) is 4.39. The van der Waals surface area contributed by atoms with Crippen LogP contribution in [0, 0.1) is 0 Å². The Balaban J connectivity index is 1.97. The minimum absolute atomic E-state index is 0.220. The molecule has 1 atom stereocenters. The van der Waals surface area contributed by atoms with E-state index >= 15 is 0 Å². The lowest BCUT2D eigenvalue weighted by Gasteiger charge is -2.08. The third kappa shape index (κ3) is 2.52. The highest BCUT2D eigenvalue weighted by molar-refractivity contribution is 9.10. The van der Waals surface area contributed by atoms with Crippen molar-refractivity contribution in [3.05, 3.63) is 76.0 Å². The monoisotopic (exact) mass is 395 g/mol. The summed E-state index contributed by atoms with van der Waals surface area (Å²) in [4.78, 5) is 12.6. The Morgan fingerprint density at radius 1 is 1.16 bits per heavy atom. The van der Waals surface area contributed by atoms with Crippen LogP contribution in [0.5, 0.6) is 0 Å². The Labute approximate surface area is 155 Å². The molecular weight excluding hydrogens is 378 g/mol. The van der Waals surface area contributed by atoms with Gasteiger partial charge < -0.3 is 9.30 Å².